The summed E-state index contributed by atoms with van der Waals surface area (Å²) in [4.78, 5) is 40.5. The van der Waals surface area contributed by atoms with Gasteiger partial charge in [0.2, 0.25) is 0 Å². The average molecular weight is 404 g/mol. The molecule has 0 saturated heterocycles. The minimum Gasteiger partial charge on any atom is -0.452 e. The number of thiophene rings is 1. The Morgan fingerprint density at radius 3 is 2.78 bits per heavy atom. The van der Waals surface area contributed by atoms with Gasteiger partial charge in [-0.2, -0.15) is 0 Å². The van der Waals surface area contributed by atoms with Gasteiger partial charge < -0.3 is 10.1 Å². The molecule has 0 aliphatic heterocycles. The number of nitrogens with one attached hydrogen (secondary N) is 2. The van der Waals surface area contributed by atoms with E-state index in [4.69, 9.17) is 16.3 Å². The van der Waals surface area contributed by atoms with Gasteiger partial charge in [-0.05, 0) is 41.8 Å². The number of aromatic nitrogens is 1. The molecule has 27 heavy (non-hydrogen) atoms. The van der Waals surface area contributed by atoms with Crippen molar-refractivity contribution in [1.82, 2.24) is 15.6 Å². The van der Waals surface area contributed by atoms with Crippen LogP contribution in [-0.2, 0) is 16.1 Å². The Morgan fingerprint density at radius 1 is 1.15 bits per heavy atom. The number of pyridine rings is 1. The van der Waals surface area contributed by atoms with Gasteiger partial charge in [-0.3, -0.25) is 10.1 Å². The fraction of sp³-hybridized carbons (Fsp3) is 0.111. The predicted molar refractivity (Wildman–Crippen MR) is 102 cm³/mol. The number of carbonyl (C=O) groups excluding carboxylic acids is 3. The first-order valence-electron chi connectivity index (χ1n) is 7.85. The van der Waals surface area contributed by atoms with Crippen LogP contribution in [0, 0.1) is 0 Å². The molecule has 3 rings (SSSR count). The molecule has 0 unspecified atom stereocenters. The normalized spacial score (nSPS) is 10.4. The lowest BCUT2D eigenvalue weighted by molar-refractivity contribution is -0.123. The number of rotatable bonds is 5. The van der Waals surface area contributed by atoms with Gasteiger partial charge >= 0.3 is 12.0 Å². The molecule has 2 heterocycles. The molecule has 3 aromatic rings. The number of halogens is 1. The Morgan fingerprint density at radius 2 is 2.00 bits per heavy atom. The molecule has 0 aliphatic carbocycles. The van der Waals surface area contributed by atoms with Crippen LogP contribution >= 0.6 is 22.9 Å². The second-order valence-corrected chi connectivity index (χ2v) is 6.85. The summed E-state index contributed by atoms with van der Waals surface area (Å²) in [5.74, 6) is -1.40. The fourth-order valence-electron chi connectivity index (χ4n) is 2.23. The van der Waals surface area contributed by atoms with Gasteiger partial charge in [0.05, 0.1) is 17.6 Å². The van der Waals surface area contributed by atoms with Crippen LogP contribution in [0.15, 0.2) is 47.8 Å². The maximum Gasteiger partial charge on any atom is 0.338 e. The summed E-state index contributed by atoms with van der Waals surface area (Å²) in [5.41, 5.74) is 0.903. The van der Waals surface area contributed by atoms with E-state index in [-0.39, 0.29) is 5.56 Å². The highest BCUT2D eigenvalue weighted by atomic mass is 35.5. The maximum atomic E-state index is 12.1. The lowest BCUT2D eigenvalue weighted by Crippen LogP contribution is -2.41. The zero-order valence-electron chi connectivity index (χ0n) is 13.9. The Hall–Kier alpha value is -2.97. The SMILES string of the molecule is O=C(COC(=O)c1ccc2nc(Cl)ccc2c1)NC(=O)NCc1cccs1. The highest BCUT2D eigenvalue weighted by Gasteiger charge is 2.13. The number of carbonyl (C=O) groups is 3. The molecule has 0 aliphatic rings. The summed E-state index contributed by atoms with van der Waals surface area (Å²) in [7, 11) is 0. The molecule has 3 amide bonds. The first kappa shape index (κ1) is 18.8. The van der Waals surface area contributed by atoms with Crippen molar-refractivity contribution < 1.29 is 19.1 Å². The smallest absolute Gasteiger partial charge is 0.338 e. The first-order chi connectivity index (χ1) is 13.0. The summed E-state index contributed by atoms with van der Waals surface area (Å²) in [6, 6.07) is 11.2. The summed E-state index contributed by atoms with van der Waals surface area (Å²) >= 11 is 7.31. The summed E-state index contributed by atoms with van der Waals surface area (Å²) in [6.45, 7) is -0.256. The van der Waals surface area contributed by atoms with Gasteiger partial charge in [0.15, 0.2) is 6.61 Å². The van der Waals surface area contributed by atoms with Crippen LogP contribution in [0.2, 0.25) is 5.15 Å². The Balaban J connectivity index is 1.48. The highest BCUT2D eigenvalue weighted by Crippen LogP contribution is 2.17. The van der Waals surface area contributed by atoms with Crippen LogP contribution in [0.5, 0.6) is 0 Å². The zero-order chi connectivity index (χ0) is 19.2. The third-order valence-corrected chi connectivity index (χ3v) is 4.57. The second-order valence-electron chi connectivity index (χ2n) is 5.43. The number of hydrogen-bond acceptors (Lipinski definition) is 6. The van der Waals surface area contributed by atoms with Crippen LogP contribution in [0.1, 0.15) is 15.2 Å². The van der Waals surface area contributed by atoms with Crippen molar-refractivity contribution in [1.29, 1.82) is 0 Å². The quantitative estimate of drug-likeness (QED) is 0.504. The third kappa shape index (κ3) is 5.25. The molecular formula is C18H14ClN3O4S. The van der Waals surface area contributed by atoms with E-state index in [1.165, 1.54) is 17.4 Å². The van der Waals surface area contributed by atoms with E-state index < -0.39 is 24.5 Å². The van der Waals surface area contributed by atoms with Crippen LogP contribution < -0.4 is 10.6 Å². The van der Waals surface area contributed by atoms with Crippen molar-refractivity contribution in [3.63, 3.8) is 0 Å². The molecule has 0 fully saturated rings. The van der Waals surface area contributed by atoms with Crippen LogP contribution in [0.3, 0.4) is 0 Å². The number of nitrogens with zero attached hydrogens (tertiary/aromatic N) is 1. The van der Waals surface area contributed by atoms with E-state index in [0.717, 1.165) is 4.88 Å². The van der Waals surface area contributed by atoms with E-state index in [1.807, 2.05) is 17.5 Å². The third-order valence-electron chi connectivity index (χ3n) is 3.48. The predicted octanol–water partition coefficient (Wildman–Crippen LogP) is 3.13. The highest BCUT2D eigenvalue weighted by molar-refractivity contribution is 7.09. The van der Waals surface area contributed by atoms with Gasteiger partial charge in [-0.25, -0.2) is 14.6 Å². The minimum absolute atomic E-state index is 0.265. The number of fused-ring (bicyclic) bond motifs is 1. The lowest BCUT2D eigenvalue weighted by atomic mass is 10.1. The van der Waals surface area contributed by atoms with Crippen molar-refractivity contribution >= 4 is 51.7 Å². The van der Waals surface area contributed by atoms with Crippen LogP contribution in [0.25, 0.3) is 10.9 Å². The monoisotopic (exact) mass is 403 g/mol. The second kappa shape index (κ2) is 8.61. The number of hydrogen-bond donors (Lipinski definition) is 2. The van der Waals surface area contributed by atoms with Crippen molar-refractivity contribution in [2.45, 2.75) is 6.54 Å². The molecule has 0 atom stereocenters. The standard InChI is InChI=1S/C18H14ClN3O4S/c19-15-6-4-11-8-12(3-5-14(11)21-15)17(24)26-10-16(23)22-18(25)20-9-13-2-1-7-27-13/h1-8H,9-10H2,(H2,20,22,23,25). The van der Waals surface area contributed by atoms with E-state index in [9.17, 15) is 14.4 Å². The Labute approximate surface area is 163 Å². The first-order valence-corrected chi connectivity index (χ1v) is 9.10. The van der Waals surface area contributed by atoms with Gasteiger partial charge in [-0.15, -0.1) is 11.3 Å². The van der Waals surface area contributed by atoms with Crippen molar-refractivity contribution in [3.05, 3.63) is 63.4 Å². The number of amides is 3. The fourth-order valence-corrected chi connectivity index (χ4v) is 3.03. The van der Waals surface area contributed by atoms with Crippen LogP contribution in [-0.4, -0.2) is 29.5 Å². The molecule has 0 saturated carbocycles. The maximum absolute atomic E-state index is 12.1. The van der Waals surface area contributed by atoms with E-state index in [0.29, 0.717) is 22.6 Å². The molecular weight excluding hydrogens is 390 g/mol. The van der Waals surface area contributed by atoms with Crippen molar-refractivity contribution in [3.8, 4) is 0 Å². The lowest BCUT2D eigenvalue weighted by Gasteiger charge is -2.07. The summed E-state index contributed by atoms with van der Waals surface area (Å²) in [6.07, 6.45) is 0. The number of imide groups is 1. The van der Waals surface area contributed by atoms with Crippen molar-refractivity contribution in [2.24, 2.45) is 0 Å². The van der Waals surface area contributed by atoms with Crippen molar-refractivity contribution in [2.75, 3.05) is 6.61 Å². The molecule has 7 nitrogen and oxygen atoms in total. The minimum atomic E-state index is -0.721. The molecule has 0 radical (unpaired) electrons. The molecule has 0 spiro atoms. The van der Waals surface area contributed by atoms with Gasteiger partial charge in [0.1, 0.15) is 5.15 Å². The Kier molecular flexibility index (Phi) is 6.00. The molecule has 0 bridgehead atoms. The van der Waals surface area contributed by atoms with E-state index >= 15 is 0 Å². The number of urea groups is 1. The average Bonchev–Trinajstić information content (AvgIpc) is 3.17. The molecule has 1 aromatic carbocycles. The molecule has 2 N–H and O–H groups in total. The summed E-state index contributed by atoms with van der Waals surface area (Å²) in [5, 5.41) is 7.59. The largest absolute Gasteiger partial charge is 0.452 e. The zero-order valence-corrected chi connectivity index (χ0v) is 15.5. The van der Waals surface area contributed by atoms with Crippen LogP contribution in [0.4, 0.5) is 4.79 Å². The number of ether oxygens (including phenoxy) is 1. The van der Waals surface area contributed by atoms with Gasteiger partial charge in [0.25, 0.3) is 5.91 Å². The molecule has 2 aromatic heterocycles. The Bertz CT molecular complexity index is 991. The number of benzene rings is 1. The van der Waals surface area contributed by atoms with E-state index in [1.54, 1.807) is 24.3 Å². The molecule has 9 heteroatoms. The summed E-state index contributed by atoms with van der Waals surface area (Å²) < 4.78 is 4.94. The van der Waals surface area contributed by atoms with E-state index in [2.05, 4.69) is 15.6 Å². The topological polar surface area (TPSA) is 97.4 Å². The van der Waals surface area contributed by atoms with Gasteiger partial charge in [-0.1, -0.05) is 17.7 Å². The molecule has 138 valence electrons. The number of esters is 1. The van der Waals surface area contributed by atoms with Gasteiger partial charge in [0, 0.05) is 10.3 Å².